The molecule has 5 heteroatoms. The van der Waals surface area contributed by atoms with Gasteiger partial charge in [0, 0.05) is 13.2 Å². The Morgan fingerprint density at radius 3 is 2.68 bits per heavy atom. The Labute approximate surface area is 114 Å². The van der Waals surface area contributed by atoms with Gasteiger partial charge >= 0.3 is 6.09 Å². The zero-order chi connectivity index (χ0) is 13.8. The normalized spacial score (nSPS) is 10.2. The van der Waals surface area contributed by atoms with Gasteiger partial charge in [-0.2, -0.15) is 0 Å². The summed E-state index contributed by atoms with van der Waals surface area (Å²) < 4.78 is 10.1. The van der Waals surface area contributed by atoms with Crippen molar-refractivity contribution in [1.29, 1.82) is 0 Å². The molecule has 0 fully saturated rings. The summed E-state index contributed by atoms with van der Waals surface area (Å²) in [6, 6.07) is 9.60. The van der Waals surface area contributed by atoms with Crippen LogP contribution >= 0.6 is 0 Å². The highest BCUT2D eigenvalue weighted by Crippen LogP contribution is 2.00. The standard InChI is InChI=1S/C14H22N2O3/c15-12-18-10-6-2-5-9-16-14(17)19-11-13-7-3-1-4-8-13/h1,3-4,7-8H,2,5-6,9-12,15H2,(H,16,17). The molecular formula is C14H22N2O3. The van der Waals surface area contributed by atoms with Crippen LogP contribution in [0.3, 0.4) is 0 Å². The fourth-order valence-electron chi connectivity index (χ4n) is 1.55. The van der Waals surface area contributed by atoms with Crippen LogP contribution in [0.2, 0.25) is 0 Å². The summed E-state index contributed by atoms with van der Waals surface area (Å²) in [5.74, 6) is 0. The summed E-state index contributed by atoms with van der Waals surface area (Å²) in [5.41, 5.74) is 6.18. The van der Waals surface area contributed by atoms with Crippen molar-refractivity contribution in [1.82, 2.24) is 5.32 Å². The molecule has 1 aromatic rings. The first-order valence-corrected chi connectivity index (χ1v) is 6.55. The van der Waals surface area contributed by atoms with Crippen LogP contribution in [0.4, 0.5) is 4.79 Å². The maximum atomic E-state index is 11.4. The Balaban J connectivity index is 1.96. The smallest absolute Gasteiger partial charge is 0.407 e. The highest BCUT2D eigenvalue weighted by Gasteiger charge is 2.01. The summed E-state index contributed by atoms with van der Waals surface area (Å²) in [7, 11) is 0. The highest BCUT2D eigenvalue weighted by atomic mass is 16.5. The number of nitrogens with two attached hydrogens (primary N) is 1. The second-order valence-corrected chi connectivity index (χ2v) is 4.12. The molecule has 0 heterocycles. The molecule has 0 atom stereocenters. The molecule has 106 valence electrons. The minimum atomic E-state index is -0.373. The molecule has 0 aromatic heterocycles. The van der Waals surface area contributed by atoms with Gasteiger partial charge in [0.05, 0.1) is 6.73 Å². The Bertz CT molecular complexity index is 344. The third-order valence-corrected chi connectivity index (χ3v) is 2.57. The number of ether oxygens (including phenoxy) is 2. The van der Waals surface area contributed by atoms with Crippen LogP contribution in [0.25, 0.3) is 0 Å². The summed E-state index contributed by atoms with van der Waals surface area (Å²) in [5, 5.41) is 2.72. The number of carbonyl (C=O) groups is 1. The van der Waals surface area contributed by atoms with E-state index in [1.54, 1.807) is 0 Å². The first-order valence-electron chi connectivity index (χ1n) is 6.55. The van der Waals surface area contributed by atoms with E-state index in [0.717, 1.165) is 24.8 Å². The number of hydrogen-bond acceptors (Lipinski definition) is 4. The van der Waals surface area contributed by atoms with E-state index in [1.807, 2.05) is 30.3 Å². The molecule has 1 aromatic carbocycles. The molecule has 0 aliphatic carbocycles. The zero-order valence-corrected chi connectivity index (χ0v) is 11.1. The molecule has 0 saturated carbocycles. The lowest BCUT2D eigenvalue weighted by atomic mass is 10.2. The van der Waals surface area contributed by atoms with Gasteiger partial charge in [-0.3, -0.25) is 0 Å². The molecule has 0 radical (unpaired) electrons. The average molecular weight is 266 g/mol. The third-order valence-electron chi connectivity index (χ3n) is 2.57. The number of hydrogen-bond donors (Lipinski definition) is 2. The van der Waals surface area contributed by atoms with Crippen molar-refractivity contribution < 1.29 is 14.3 Å². The fourth-order valence-corrected chi connectivity index (χ4v) is 1.55. The lowest BCUT2D eigenvalue weighted by molar-refractivity contribution is 0.134. The number of rotatable bonds is 9. The number of unbranched alkanes of at least 4 members (excludes halogenated alkanes) is 2. The molecule has 1 rings (SSSR count). The number of amides is 1. The molecule has 0 spiro atoms. The lowest BCUT2D eigenvalue weighted by Gasteiger charge is -2.07. The predicted molar refractivity (Wildman–Crippen MR) is 73.5 cm³/mol. The van der Waals surface area contributed by atoms with E-state index in [9.17, 15) is 4.79 Å². The van der Waals surface area contributed by atoms with Crippen LogP contribution in [0.1, 0.15) is 24.8 Å². The number of benzene rings is 1. The summed E-state index contributed by atoms with van der Waals surface area (Å²) >= 11 is 0. The topological polar surface area (TPSA) is 73.6 Å². The monoisotopic (exact) mass is 266 g/mol. The first kappa shape index (κ1) is 15.5. The summed E-state index contributed by atoms with van der Waals surface area (Å²) in [6.45, 7) is 1.87. The van der Waals surface area contributed by atoms with Crippen LogP contribution in [-0.2, 0) is 16.1 Å². The van der Waals surface area contributed by atoms with Crippen molar-refractivity contribution in [3.8, 4) is 0 Å². The molecular weight excluding hydrogens is 244 g/mol. The third kappa shape index (κ3) is 8.18. The molecule has 0 aliphatic heterocycles. The van der Waals surface area contributed by atoms with Gasteiger partial charge in [0.15, 0.2) is 0 Å². The molecule has 0 bridgehead atoms. The predicted octanol–water partition coefficient (Wildman–Crippen LogP) is 2.02. The Hall–Kier alpha value is -1.59. The lowest BCUT2D eigenvalue weighted by Crippen LogP contribution is -2.25. The van der Waals surface area contributed by atoms with E-state index < -0.39 is 0 Å². The van der Waals surface area contributed by atoms with E-state index in [1.165, 1.54) is 0 Å². The average Bonchev–Trinajstić information content (AvgIpc) is 2.45. The van der Waals surface area contributed by atoms with Crippen LogP contribution in [0.15, 0.2) is 30.3 Å². The van der Waals surface area contributed by atoms with Gasteiger partial charge in [-0.15, -0.1) is 0 Å². The SMILES string of the molecule is NCOCCCCCNC(=O)OCc1ccccc1. The van der Waals surface area contributed by atoms with Gasteiger partial charge in [-0.1, -0.05) is 30.3 Å². The summed E-state index contributed by atoms with van der Waals surface area (Å²) in [6.07, 6.45) is 2.49. The fraction of sp³-hybridized carbons (Fsp3) is 0.500. The van der Waals surface area contributed by atoms with Gasteiger partial charge in [0.2, 0.25) is 0 Å². The van der Waals surface area contributed by atoms with Gasteiger partial charge in [0.25, 0.3) is 0 Å². The molecule has 1 amide bonds. The molecule has 5 nitrogen and oxygen atoms in total. The maximum absolute atomic E-state index is 11.4. The van der Waals surface area contributed by atoms with Gasteiger partial charge in [0.1, 0.15) is 6.61 Å². The molecule has 0 unspecified atom stereocenters. The molecule has 3 N–H and O–H groups in total. The minimum Gasteiger partial charge on any atom is -0.445 e. The first-order chi connectivity index (χ1) is 9.33. The zero-order valence-electron chi connectivity index (χ0n) is 11.1. The van der Waals surface area contributed by atoms with E-state index in [2.05, 4.69) is 5.32 Å². The maximum Gasteiger partial charge on any atom is 0.407 e. The molecule has 19 heavy (non-hydrogen) atoms. The van der Waals surface area contributed by atoms with Gasteiger partial charge in [-0.05, 0) is 24.8 Å². The number of alkyl carbamates (subject to hydrolysis) is 1. The van der Waals surface area contributed by atoms with E-state index in [4.69, 9.17) is 15.2 Å². The van der Waals surface area contributed by atoms with Crippen LogP contribution in [-0.4, -0.2) is 26.0 Å². The second-order valence-electron chi connectivity index (χ2n) is 4.12. The van der Waals surface area contributed by atoms with Crippen molar-refractivity contribution in [2.45, 2.75) is 25.9 Å². The van der Waals surface area contributed by atoms with Crippen molar-refractivity contribution in [3.05, 3.63) is 35.9 Å². The molecule has 0 aliphatic rings. The van der Waals surface area contributed by atoms with Gasteiger partial charge < -0.3 is 20.5 Å². The largest absolute Gasteiger partial charge is 0.445 e. The Morgan fingerprint density at radius 2 is 1.95 bits per heavy atom. The van der Waals surface area contributed by atoms with Crippen molar-refractivity contribution in [3.63, 3.8) is 0 Å². The van der Waals surface area contributed by atoms with Crippen molar-refractivity contribution >= 4 is 6.09 Å². The van der Waals surface area contributed by atoms with E-state index in [-0.39, 0.29) is 12.8 Å². The highest BCUT2D eigenvalue weighted by molar-refractivity contribution is 5.67. The van der Waals surface area contributed by atoms with Crippen molar-refractivity contribution in [2.24, 2.45) is 5.73 Å². The van der Waals surface area contributed by atoms with E-state index in [0.29, 0.717) is 19.8 Å². The van der Waals surface area contributed by atoms with Crippen LogP contribution in [0, 0.1) is 0 Å². The quantitative estimate of drug-likeness (QED) is 0.529. The van der Waals surface area contributed by atoms with Crippen LogP contribution in [0.5, 0.6) is 0 Å². The summed E-state index contributed by atoms with van der Waals surface area (Å²) in [4.78, 5) is 11.4. The van der Waals surface area contributed by atoms with Gasteiger partial charge in [-0.25, -0.2) is 4.79 Å². The number of nitrogens with one attached hydrogen (secondary N) is 1. The van der Waals surface area contributed by atoms with Crippen LogP contribution < -0.4 is 11.1 Å². The Kier molecular flexibility index (Phi) is 8.42. The second kappa shape index (κ2) is 10.3. The minimum absolute atomic E-state index is 0.268. The molecule has 0 saturated heterocycles. The number of carbonyl (C=O) groups excluding carboxylic acids is 1. The Morgan fingerprint density at radius 1 is 1.16 bits per heavy atom. The van der Waals surface area contributed by atoms with E-state index >= 15 is 0 Å². The van der Waals surface area contributed by atoms with Crippen molar-refractivity contribution in [2.75, 3.05) is 19.9 Å².